The molecule has 0 radical (unpaired) electrons. The highest BCUT2D eigenvalue weighted by Crippen LogP contribution is 2.24. The van der Waals surface area contributed by atoms with E-state index in [0.29, 0.717) is 37.3 Å². The Morgan fingerprint density at radius 3 is 2.20 bits per heavy atom. The fraction of sp³-hybridized carbons (Fsp3) is 0.458. The Bertz CT molecular complexity index is 1120. The molecule has 10 nitrogen and oxygen atoms in total. The maximum Gasteiger partial charge on any atom is 0.319 e. The number of rotatable bonds is 8. The second-order valence-electron chi connectivity index (χ2n) is 8.82. The van der Waals surface area contributed by atoms with Crippen molar-refractivity contribution in [1.29, 1.82) is 0 Å². The minimum absolute atomic E-state index is 0.0966. The summed E-state index contributed by atoms with van der Waals surface area (Å²) in [5.41, 5.74) is 2.96. The molecule has 0 saturated carbocycles. The van der Waals surface area contributed by atoms with Gasteiger partial charge < -0.3 is 20.9 Å². The van der Waals surface area contributed by atoms with Crippen LogP contribution < -0.4 is 16.0 Å². The van der Waals surface area contributed by atoms with Gasteiger partial charge in [-0.15, -0.1) is 0 Å². The first-order valence-corrected chi connectivity index (χ1v) is 13.1. The summed E-state index contributed by atoms with van der Waals surface area (Å²) in [6.07, 6.45) is 1.42. The Hall–Kier alpha value is -3.02. The van der Waals surface area contributed by atoms with Crippen LogP contribution in [0.25, 0.3) is 0 Å². The number of benzene rings is 1. The summed E-state index contributed by atoms with van der Waals surface area (Å²) in [4.78, 5) is 30.1. The highest BCUT2D eigenvalue weighted by atomic mass is 32.2. The number of anilines is 2. The van der Waals surface area contributed by atoms with Gasteiger partial charge in [-0.2, -0.15) is 4.31 Å². The predicted molar refractivity (Wildman–Crippen MR) is 136 cm³/mol. The minimum Gasteiger partial charge on any atom is -0.337 e. The molecule has 0 bridgehead atoms. The van der Waals surface area contributed by atoms with Gasteiger partial charge in [0.1, 0.15) is 0 Å². The second-order valence-corrected chi connectivity index (χ2v) is 10.8. The third-order valence-electron chi connectivity index (χ3n) is 5.98. The average molecular weight is 503 g/mol. The Kier molecular flexibility index (Phi) is 8.82. The van der Waals surface area contributed by atoms with Gasteiger partial charge in [0.2, 0.25) is 15.9 Å². The van der Waals surface area contributed by atoms with Gasteiger partial charge in [0.25, 0.3) is 0 Å². The fourth-order valence-corrected chi connectivity index (χ4v) is 5.61. The number of pyridine rings is 1. The normalized spacial score (nSPS) is 15.1. The molecule has 0 aliphatic carbocycles. The molecular formula is C24H34N6O4S. The number of nitrogens with one attached hydrogen (secondary N) is 3. The summed E-state index contributed by atoms with van der Waals surface area (Å²) in [6.45, 7) is 7.85. The highest BCUT2D eigenvalue weighted by molar-refractivity contribution is 7.89. The molecule has 3 amide bonds. The van der Waals surface area contributed by atoms with Crippen molar-refractivity contribution in [3.63, 3.8) is 0 Å². The lowest BCUT2D eigenvalue weighted by molar-refractivity contribution is -0.114. The predicted octanol–water partition coefficient (Wildman–Crippen LogP) is 2.56. The van der Waals surface area contributed by atoms with E-state index in [1.165, 1.54) is 23.4 Å². The fourth-order valence-electron chi connectivity index (χ4n) is 4.19. The zero-order chi connectivity index (χ0) is 25.6. The summed E-state index contributed by atoms with van der Waals surface area (Å²) < 4.78 is 27.6. The third-order valence-corrected chi connectivity index (χ3v) is 7.90. The van der Waals surface area contributed by atoms with Crippen LogP contribution in [0, 0.1) is 13.8 Å². The van der Waals surface area contributed by atoms with Crippen LogP contribution in [0.1, 0.15) is 31.2 Å². The first-order chi connectivity index (χ1) is 16.5. The number of carbonyl (C=O) groups excluding carboxylic acids is 2. The first-order valence-electron chi connectivity index (χ1n) is 11.6. The van der Waals surface area contributed by atoms with Gasteiger partial charge in [-0.25, -0.2) is 13.2 Å². The molecule has 2 heterocycles. The molecule has 35 heavy (non-hydrogen) atoms. The van der Waals surface area contributed by atoms with Gasteiger partial charge in [-0.3, -0.25) is 9.78 Å². The van der Waals surface area contributed by atoms with E-state index in [2.05, 4.69) is 25.8 Å². The lowest BCUT2D eigenvalue weighted by Crippen LogP contribution is -2.47. The number of nitrogens with zero attached hydrogens (tertiary/aromatic N) is 3. The second kappa shape index (κ2) is 11.6. The number of aromatic nitrogens is 1. The standard InChI is InChI=1S/C24H34N6O4S/c1-17-15-21(16-18(2)26-17)28-24(32)25-11-14-30-12-9-22(10-13-30)29(4)35(33,34)23-7-5-20(6-8-23)27-19(3)31/h5-8,15-16,22H,9-14H2,1-4H3,(H,27,31)(H2,25,26,28,32). The maximum absolute atomic E-state index is 13.1. The number of piperidine rings is 1. The Morgan fingerprint density at radius 2 is 1.63 bits per heavy atom. The molecule has 1 aromatic heterocycles. The third kappa shape index (κ3) is 7.48. The molecule has 1 aromatic carbocycles. The maximum atomic E-state index is 13.1. The van der Waals surface area contributed by atoms with Crippen molar-refractivity contribution in [3.05, 3.63) is 47.8 Å². The number of urea groups is 1. The van der Waals surface area contributed by atoms with E-state index in [4.69, 9.17) is 0 Å². The minimum atomic E-state index is -3.63. The Balaban J connectivity index is 1.44. The zero-order valence-corrected chi connectivity index (χ0v) is 21.5. The average Bonchev–Trinajstić information content (AvgIpc) is 2.78. The quantitative estimate of drug-likeness (QED) is 0.510. The van der Waals surface area contributed by atoms with E-state index in [-0.39, 0.29) is 22.9 Å². The smallest absolute Gasteiger partial charge is 0.319 e. The van der Waals surface area contributed by atoms with Crippen molar-refractivity contribution in [1.82, 2.24) is 19.5 Å². The summed E-state index contributed by atoms with van der Waals surface area (Å²) in [5.74, 6) is -0.209. The monoisotopic (exact) mass is 502 g/mol. The molecule has 1 saturated heterocycles. The highest BCUT2D eigenvalue weighted by Gasteiger charge is 2.30. The summed E-state index contributed by atoms with van der Waals surface area (Å²) in [6, 6.07) is 9.48. The van der Waals surface area contributed by atoms with E-state index in [0.717, 1.165) is 24.5 Å². The van der Waals surface area contributed by atoms with E-state index < -0.39 is 10.0 Å². The van der Waals surface area contributed by atoms with Crippen LogP contribution in [0.3, 0.4) is 0 Å². The Labute approximate surface area is 207 Å². The van der Waals surface area contributed by atoms with E-state index in [1.807, 2.05) is 26.0 Å². The lowest BCUT2D eigenvalue weighted by atomic mass is 10.1. The first kappa shape index (κ1) is 26.6. The van der Waals surface area contributed by atoms with E-state index in [1.54, 1.807) is 19.2 Å². The molecule has 0 unspecified atom stereocenters. The number of hydrogen-bond donors (Lipinski definition) is 3. The number of hydrogen-bond acceptors (Lipinski definition) is 6. The van der Waals surface area contributed by atoms with Crippen molar-refractivity contribution in [2.24, 2.45) is 0 Å². The van der Waals surface area contributed by atoms with Crippen molar-refractivity contribution >= 4 is 33.3 Å². The van der Waals surface area contributed by atoms with Crippen LogP contribution in [-0.2, 0) is 14.8 Å². The molecule has 3 rings (SSSR count). The summed E-state index contributed by atoms with van der Waals surface area (Å²) >= 11 is 0. The SMILES string of the molecule is CC(=O)Nc1ccc(S(=O)(=O)N(C)C2CCN(CCNC(=O)Nc3cc(C)nc(C)c3)CC2)cc1. The number of sulfonamides is 1. The topological polar surface area (TPSA) is 124 Å². The molecule has 3 N–H and O–H groups in total. The van der Waals surface area contributed by atoms with Gasteiger partial charge in [-0.05, 0) is 76.2 Å². The Morgan fingerprint density at radius 1 is 1.03 bits per heavy atom. The molecule has 0 atom stereocenters. The summed E-state index contributed by atoms with van der Waals surface area (Å²) in [5, 5.41) is 8.33. The van der Waals surface area contributed by atoms with Crippen molar-refractivity contribution < 1.29 is 18.0 Å². The van der Waals surface area contributed by atoms with E-state index in [9.17, 15) is 18.0 Å². The van der Waals surface area contributed by atoms with Gasteiger partial charge in [0.15, 0.2) is 0 Å². The van der Waals surface area contributed by atoms with Crippen LogP contribution in [-0.4, -0.2) is 73.8 Å². The van der Waals surface area contributed by atoms with Crippen LogP contribution >= 0.6 is 0 Å². The van der Waals surface area contributed by atoms with Crippen LogP contribution in [0.2, 0.25) is 0 Å². The van der Waals surface area contributed by atoms with Gasteiger partial charge in [0, 0.05) is 55.9 Å². The molecular weight excluding hydrogens is 468 g/mol. The van der Waals surface area contributed by atoms with Crippen molar-refractivity contribution in [2.45, 2.75) is 44.6 Å². The molecule has 1 aliphatic rings. The van der Waals surface area contributed by atoms with Crippen molar-refractivity contribution in [3.8, 4) is 0 Å². The van der Waals surface area contributed by atoms with Crippen LogP contribution in [0.5, 0.6) is 0 Å². The summed E-state index contributed by atoms with van der Waals surface area (Å²) in [7, 11) is -2.02. The number of carbonyl (C=O) groups is 2. The van der Waals surface area contributed by atoms with Crippen molar-refractivity contribution in [2.75, 3.05) is 43.9 Å². The van der Waals surface area contributed by atoms with E-state index >= 15 is 0 Å². The number of likely N-dealkylation sites (tertiary alicyclic amines) is 1. The molecule has 1 aliphatic heterocycles. The van der Waals surface area contributed by atoms with Gasteiger partial charge in [-0.1, -0.05) is 0 Å². The molecule has 2 aromatic rings. The molecule has 0 spiro atoms. The van der Waals surface area contributed by atoms with Crippen LogP contribution in [0.4, 0.5) is 16.2 Å². The van der Waals surface area contributed by atoms with Gasteiger partial charge >= 0.3 is 6.03 Å². The number of aryl methyl sites for hydroxylation is 2. The zero-order valence-electron chi connectivity index (χ0n) is 20.7. The lowest BCUT2D eigenvalue weighted by Gasteiger charge is -2.36. The number of amides is 3. The molecule has 1 fully saturated rings. The molecule has 190 valence electrons. The van der Waals surface area contributed by atoms with Crippen LogP contribution in [0.15, 0.2) is 41.3 Å². The van der Waals surface area contributed by atoms with Gasteiger partial charge in [0.05, 0.1) is 4.90 Å². The largest absolute Gasteiger partial charge is 0.337 e. The molecule has 11 heteroatoms.